The second kappa shape index (κ2) is 6.17. The Hall–Kier alpha value is -0.870. The van der Waals surface area contributed by atoms with Crippen LogP contribution in [0.4, 0.5) is 4.39 Å². The molecule has 1 heterocycles. The van der Waals surface area contributed by atoms with Crippen LogP contribution in [0.2, 0.25) is 0 Å². The topological polar surface area (TPSA) is 20.3 Å². The van der Waals surface area contributed by atoms with Crippen molar-refractivity contribution < 1.29 is 9.18 Å². The number of hydrogen-bond acceptors (Lipinski definition) is 3. The predicted molar refractivity (Wildman–Crippen MR) is 69.1 cm³/mol. The van der Waals surface area contributed by atoms with Crippen molar-refractivity contribution in [3.05, 3.63) is 35.6 Å². The van der Waals surface area contributed by atoms with E-state index in [1.54, 1.807) is 18.2 Å². The van der Waals surface area contributed by atoms with E-state index in [9.17, 15) is 9.18 Å². The Morgan fingerprint density at radius 3 is 2.94 bits per heavy atom. The van der Waals surface area contributed by atoms with Crippen LogP contribution in [0.25, 0.3) is 0 Å². The van der Waals surface area contributed by atoms with Crippen molar-refractivity contribution in [3.8, 4) is 0 Å². The molecule has 1 aromatic rings. The van der Waals surface area contributed by atoms with Crippen LogP contribution in [-0.2, 0) is 0 Å². The maximum Gasteiger partial charge on any atom is 0.179 e. The van der Waals surface area contributed by atoms with Gasteiger partial charge in [0, 0.05) is 12.3 Å². The summed E-state index contributed by atoms with van der Waals surface area (Å²) >= 11 is 1.92. The number of carbonyl (C=O) groups excluding carboxylic acids is 1. The van der Waals surface area contributed by atoms with Crippen molar-refractivity contribution in [2.75, 3.05) is 31.1 Å². The minimum Gasteiger partial charge on any atom is -0.295 e. The maximum atomic E-state index is 13.4. The van der Waals surface area contributed by atoms with E-state index in [1.165, 1.54) is 6.07 Å². The average molecular weight is 253 g/mol. The molecule has 0 N–H and O–H groups in total. The van der Waals surface area contributed by atoms with Gasteiger partial charge in [0.05, 0.1) is 12.1 Å². The molecular weight excluding hydrogens is 237 g/mol. The second-order valence-corrected chi connectivity index (χ2v) is 5.37. The monoisotopic (exact) mass is 253 g/mol. The third-order valence-electron chi connectivity index (χ3n) is 2.86. The Labute approximate surface area is 105 Å². The fourth-order valence-electron chi connectivity index (χ4n) is 1.93. The van der Waals surface area contributed by atoms with Gasteiger partial charge in [-0.3, -0.25) is 9.69 Å². The number of benzene rings is 1. The van der Waals surface area contributed by atoms with Gasteiger partial charge in [-0.1, -0.05) is 12.1 Å². The molecular formula is C13H16FNOS. The zero-order valence-corrected chi connectivity index (χ0v) is 10.5. The standard InChI is InChI=1S/C13H16FNOS/c14-12-5-2-1-4-11(12)13(16)10-15-6-3-8-17-9-7-15/h1-2,4-5H,3,6-10H2. The van der Waals surface area contributed by atoms with Crippen LogP contribution >= 0.6 is 11.8 Å². The van der Waals surface area contributed by atoms with Crippen LogP contribution in [0, 0.1) is 5.82 Å². The number of thioether (sulfide) groups is 1. The van der Waals surface area contributed by atoms with Gasteiger partial charge in [0.1, 0.15) is 5.82 Å². The Balaban J connectivity index is 1.98. The number of rotatable bonds is 3. The van der Waals surface area contributed by atoms with E-state index in [1.807, 2.05) is 11.8 Å². The number of carbonyl (C=O) groups is 1. The highest BCUT2D eigenvalue weighted by Gasteiger charge is 2.16. The summed E-state index contributed by atoms with van der Waals surface area (Å²) in [4.78, 5) is 14.1. The lowest BCUT2D eigenvalue weighted by Crippen LogP contribution is -2.32. The lowest BCUT2D eigenvalue weighted by atomic mass is 10.1. The predicted octanol–water partition coefficient (Wildman–Crippen LogP) is 2.45. The summed E-state index contributed by atoms with van der Waals surface area (Å²) in [6.07, 6.45) is 1.11. The SMILES string of the molecule is O=C(CN1CCCSCC1)c1ccccc1F. The Kier molecular flexibility index (Phi) is 4.57. The first-order valence-electron chi connectivity index (χ1n) is 5.85. The minimum absolute atomic E-state index is 0.116. The van der Waals surface area contributed by atoms with Gasteiger partial charge >= 0.3 is 0 Å². The summed E-state index contributed by atoms with van der Waals surface area (Å²) in [6.45, 7) is 2.19. The molecule has 92 valence electrons. The number of ketones is 1. The molecule has 1 aliphatic heterocycles. The summed E-state index contributed by atoms with van der Waals surface area (Å²) in [5, 5.41) is 0. The largest absolute Gasteiger partial charge is 0.295 e. The van der Waals surface area contributed by atoms with E-state index < -0.39 is 5.82 Å². The van der Waals surface area contributed by atoms with Crippen LogP contribution < -0.4 is 0 Å². The van der Waals surface area contributed by atoms with E-state index in [-0.39, 0.29) is 11.3 Å². The third kappa shape index (κ3) is 3.54. The van der Waals surface area contributed by atoms with Gasteiger partial charge < -0.3 is 0 Å². The van der Waals surface area contributed by atoms with Gasteiger partial charge in [0.15, 0.2) is 5.78 Å². The molecule has 0 aliphatic carbocycles. The molecule has 0 radical (unpaired) electrons. The number of halogens is 1. The number of Topliss-reactive ketones (excluding diaryl/α,β-unsaturated/α-hetero) is 1. The summed E-state index contributed by atoms with van der Waals surface area (Å²) in [5.41, 5.74) is 0.212. The molecule has 0 atom stereocenters. The highest BCUT2D eigenvalue weighted by Crippen LogP contribution is 2.12. The first-order valence-corrected chi connectivity index (χ1v) is 7.00. The first-order chi connectivity index (χ1) is 8.27. The van der Waals surface area contributed by atoms with Gasteiger partial charge in [-0.05, 0) is 30.9 Å². The van der Waals surface area contributed by atoms with Gasteiger partial charge in [0.25, 0.3) is 0 Å². The fraction of sp³-hybridized carbons (Fsp3) is 0.462. The van der Waals surface area contributed by atoms with Gasteiger partial charge in [0.2, 0.25) is 0 Å². The van der Waals surface area contributed by atoms with Crippen LogP contribution in [-0.4, -0.2) is 41.8 Å². The molecule has 1 aliphatic rings. The summed E-state index contributed by atoms with van der Waals surface area (Å²) in [6, 6.07) is 6.21. The Morgan fingerprint density at radius 1 is 1.29 bits per heavy atom. The lowest BCUT2D eigenvalue weighted by Gasteiger charge is -2.18. The van der Waals surface area contributed by atoms with Crippen LogP contribution in [0.15, 0.2) is 24.3 Å². The molecule has 4 heteroatoms. The molecule has 0 saturated carbocycles. The molecule has 17 heavy (non-hydrogen) atoms. The normalized spacial score (nSPS) is 17.7. The third-order valence-corrected chi connectivity index (χ3v) is 3.90. The van der Waals surface area contributed by atoms with Gasteiger partial charge in [-0.15, -0.1) is 0 Å². The van der Waals surface area contributed by atoms with Crippen LogP contribution in [0.1, 0.15) is 16.8 Å². The molecule has 0 bridgehead atoms. The molecule has 0 unspecified atom stereocenters. The maximum absolute atomic E-state index is 13.4. The van der Waals surface area contributed by atoms with Crippen molar-refractivity contribution in [1.82, 2.24) is 4.90 Å². The molecule has 1 saturated heterocycles. The zero-order chi connectivity index (χ0) is 12.1. The Morgan fingerprint density at radius 2 is 2.12 bits per heavy atom. The second-order valence-electron chi connectivity index (χ2n) is 4.15. The van der Waals surface area contributed by atoms with E-state index in [0.29, 0.717) is 6.54 Å². The smallest absolute Gasteiger partial charge is 0.179 e. The lowest BCUT2D eigenvalue weighted by molar-refractivity contribution is 0.0932. The summed E-state index contributed by atoms with van der Waals surface area (Å²) in [7, 11) is 0. The van der Waals surface area contributed by atoms with E-state index in [4.69, 9.17) is 0 Å². The number of hydrogen-bond donors (Lipinski definition) is 0. The molecule has 2 rings (SSSR count). The van der Waals surface area contributed by atoms with Gasteiger partial charge in [-0.2, -0.15) is 11.8 Å². The van der Waals surface area contributed by atoms with E-state index in [2.05, 4.69) is 4.90 Å². The highest BCUT2D eigenvalue weighted by atomic mass is 32.2. The van der Waals surface area contributed by atoms with Crippen molar-refractivity contribution in [2.24, 2.45) is 0 Å². The van der Waals surface area contributed by atoms with Crippen molar-refractivity contribution >= 4 is 17.5 Å². The minimum atomic E-state index is -0.415. The molecule has 1 fully saturated rings. The van der Waals surface area contributed by atoms with E-state index in [0.717, 1.165) is 31.0 Å². The summed E-state index contributed by atoms with van der Waals surface area (Å²) in [5.74, 6) is 1.69. The van der Waals surface area contributed by atoms with E-state index >= 15 is 0 Å². The van der Waals surface area contributed by atoms with Crippen molar-refractivity contribution in [1.29, 1.82) is 0 Å². The van der Waals surface area contributed by atoms with Crippen LogP contribution in [0.3, 0.4) is 0 Å². The fourth-order valence-corrected chi connectivity index (χ4v) is 2.86. The zero-order valence-electron chi connectivity index (χ0n) is 9.69. The summed E-state index contributed by atoms with van der Waals surface area (Å²) < 4.78 is 13.4. The average Bonchev–Trinajstić information content (AvgIpc) is 2.58. The molecule has 1 aromatic carbocycles. The van der Waals surface area contributed by atoms with Gasteiger partial charge in [-0.25, -0.2) is 4.39 Å². The van der Waals surface area contributed by atoms with Crippen molar-refractivity contribution in [2.45, 2.75) is 6.42 Å². The number of nitrogens with zero attached hydrogens (tertiary/aromatic N) is 1. The first kappa shape index (κ1) is 12.6. The molecule has 0 spiro atoms. The van der Waals surface area contributed by atoms with Crippen LogP contribution in [0.5, 0.6) is 0 Å². The highest BCUT2D eigenvalue weighted by molar-refractivity contribution is 7.99. The quantitative estimate of drug-likeness (QED) is 0.772. The molecule has 0 aromatic heterocycles. The molecule has 0 amide bonds. The van der Waals surface area contributed by atoms with Crippen molar-refractivity contribution in [3.63, 3.8) is 0 Å². The molecule has 2 nitrogen and oxygen atoms in total. The Bertz CT molecular complexity index is 389.